The highest BCUT2D eigenvalue weighted by Crippen LogP contribution is 2.22. The van der Waals surface area contributed by atoms with Crippen molar-refractivity contribution in [3.8, 4) is 0 Å². The van der Waals surface area contributed by atoms with Crippen LogP contribution in [0.25, 0.3) is 0 Å². The van der Waals surface area contributed by atoms with Crippen LogP contribution in [0, 0.1) is 0 Å². The molecule has 31 heavy (non-hydrogen) atoms. The fourth-order valence-electron chi connectivity index (χ4n) is 3.67. The monoisotopic (exact) mass is 414 g/mol. The molecule has 2 nitrogen and oxygen atoms in total. The summed E-state index contributed by atoms with van der Waals surface area (Å²) in [6, 6.07) is 17.7. The average Bonchev–Trinajstić information content (AvgIpc) is 2.67. The fourth-order valence-corrected chi connectivity index (χ4v) is 3.67. The Balaban J connectivity index is 2.10. The molecule has 164 valence electrons. The number of benzene rings is 2. The lowest BCUT2D eigenvalue weighted by Crippen LogP contribution is -2.26. The van der Waals surface area contributed by atoms with E-state index in [4.69, 9.17) is 0 Å². The van der Waals surface area contributed by atoms with Crippen LogP contribution in [0.5, 0.6) is 0 Å². The number of hydrogen-bond acceptors (Lipinski definition) is 2. The first-order valence-corrected chi connectivity index (χ1v) is 10.9. The quantitative estimate of drug-likeness (QED) is 0.339. The molecule has 0 saturated carbocycles. The molecule has 0 bridgehead atoms. The van der Waals surface area contributed by atoms with Gasteiger partial charge in [-0.1, -0.05) is 72.9 Å². The molecule has 2 aromatic rings. The molecule has 0 fully saturated rings. The van der Waals surface area contributed by atoms with Crippen molar-refractivity contribution in [3.63, 3.8) is 0 Å². The lowest BCUT2D eigenvalue weighted by Gasteiger charge is -2.26. The number of hydrogen-bond donors (Lipinski definition) is 0. The topological polar surface area (TPSA) is 6.48 Å². The van der Waals surface area contributed by atoms with Gasteiger partial charge in [-0.25, -0.2) is 0 Å². The number of rotatable bonds is 12. The Morgan fingerprint density at radius 1 is 0.516 bits per heavy atom. The Labute approximate surface area is 189 Å². The third-order valence-corrected chi connectivity index (χ3v) is 4.85. The van der Waals surface area contributed by atoms with Gasteiger partial charge >= 0.3 is 0 Å². The minimum absolute atomic E-state index is 0.846. The minimum atomic E-state index is 0.846. The van der Waals surface area contributed by atoms with Crippen LogP contribution in [-0.2, 0) is 6.42 Å². The molecule has 0 spiro atoms. The first-order valence-electron chi connectivity index (χ1n) is 10.9. The smallest absolute Gasteiger partial charge is 0.0387 e. The first kappa shape index (κ1) is 24.3. The van der Waals surface area contributed by atoms with Crippen LogP contribution in [0.15, 0.2) is 97.1 Å². The van der Waals surface area contributed by atoms with E-state index in [0.717, 1.165) is 54.9 Å². The van der Waals surface area contributed by atoms with Crippen LogP contribution in [0.3, 0.4) is 0 Å². The maximum absolute atomic E-state index is 4.07. The highest BCUT2D eigenvalue weighted by molar-refractivity contribution is 5.52. The molecule has 0 aliphatic heterocycles. The van der Waals surface area contributed by atoms with E-state index in [0.29, 0.717) is 0 Å². The van der Waals surface area contributed by atoms with E-state index < -0.39 is 0 Å². The van der Waals surface area contributed by atoms with Crippen molar-refractivity contribution in [2.45, 2.75) is 34.1 Å². The summed E-state index contributed by atoms with van der Waals surface area (Å²) in [7, 11) is 0. The molecule has 0 aliphatic rings. The highest BCUT2D eigenvalue weighted by Gasteiger charge is 2.09. The Hall–Kier alpha value is -3.00. The van der Waals surface area contributed by atoms with E-state index in [9.17, 15) is 0 Å². The molecule has 0 aromatic heterocycles. The van der Waals surface area contributed by atoms with Gasteiger partial charge in [-0.2, -0.15) is 0 Å². The van der Waals surface area contributed by atoms with E-state index in [1.807, 2.05) is 0 Å². The first-order chi connectivity index (χ1) is 14.6. The molecule has 0 radical (unpaired) electrons. The van der Waals surface area contributed by atoms with Crippen LogP contribution in [0.4, 0.5) is 11.4 Å². The molecular formula is C29H38N2. The maximum atomic E-state index is 4.07. The zero-order valence-electron chi connectivity index (χ0n) is 19.9. The second kappa shape index (κ2) is 11.4. The minimum Gasteiger partial charge on any atom is -0.364 e. The largest absolute Gasteiger partial charge is 0.364 e. The number of anilines is 2. The molecule has 0 saturated heterocycles. The summed E-state index contributed by atoms with van der Waals surface area (Å²) in [4.78, 5) is 4.64. The average molecular weight is 415 g/mol. The highest BCUT2D eigenvalue weighted by atomic mass is 15.1. The molecular weight excluding hydrogens is 376 g/mol. The van der Waals surface area contributed by atoms with Crippen molar-refractivity contribution in [2.24, 2.45) is 0 Å². The van der Waals surface area contributed by atoms with E-state index in [1.165, 1.54) is 22.5 Å². The van der Waals surface area contributed by atoms with Gasteiger partial charge in [0.05, 0.1) is 0 Å². The van der Waals surface area contributed by atoms with Gasteiger partial charge in [0.2, 0.25) is 0 Å². The van der Waals surface area contributed by atoms with E-state index in [-0.39, 0.29) is 0 Å². The van der Waals surface area contributed by atoms with Gasteiger partial charge in [-0.15, -0.1) is 0 Å². The van der Waals surface area contributed by atoms with Crippen molar-refractivity contribution in [1.82, 2.24) is 0 Å². The molecule has 2 heteroatoms. The summed E-state index contributed by atoms with van der Waals surface area (Å²) in [5.41, 5.74) is 9.64. The summed E-state index contributed by atoms with van der Waals surface area (Å²) >= 11 is 0. The molecule has 0 unspecified atom stereocenters. The molecule has 0 N–H and O–H groups in total. The zero-order valence-corrected chi connectivity index (χ0v) is 19.9. The van der Waals surface area contributed by atoms with Gasteiger partial charge in [-0.05, 0) is 69.5 Å². The van der Waals surface area contributed by atoms with Crippen LogP contribution in [0.1, 0.15) is 38.8 Å². The predicted molar refractivity (Wildman–Crippen MR) is 139 cm³/mol. The molecule has 0 atom stereocenters. The van der Waals surface area contributed by atoms with Crippen LogP contribution >= 0.6 is 0 Å². The Kier molecular flexibility index (Phi) is 8.93. The molecule has 2 aromatic carbocycles. The van der Waals surface area contributed by atoms with Crippen molar-refractivity contribution in [1.29, 1.82) is 0 Å². The third kappa shape index (κ3) is 8.33. The normalized spacial score (nSPS) is 10.5. The zero-order chi connectivity index (χ0) is 23.0. The molecule has 0 heterocycles. The van der Waals surface area contributed by atoms with Crippen molar-refractivity contribution in [2.75, 3.05) is 36.0 Å². The summed E-state index contributed by atoms with van der Waals surface area (Å²) < 4.78 is 0. The Morgan fingerprint density at radius 2 is 0.774 bits per heavy atom. The van der Waals surface area contributed by atoms with Crippen molar-refractivity contribution in [3.05, 3.63) is 108 Å². The lowest BCUT2D eigenvalue weighted by molar-refractivity contribution is 0.893. The lowest BCUT2D eigenvalue weighted by atomic mass is 10.0. The van der Waals surface area contributed by atoms with E-state index in [2.05, 4.69) is 112 Å². The van der Waals surface area contributed by atoms with Gasteiger partial charge < -0.3 is 9.80 Å². The van der Waals surface area contributed by atoms with Crippen molar-refractivity contribution >= 4 is 11.4 Å². The van der Waals surface area contributed by atoms with Gasteiger partial charge in [0.25, 0.3) is 0 Å². The van der Waals surface area contributed by atoms with Crippen LogP contribution in [-0.4, -0.2) is 26.2 Å². The van der Waals surface area contributed by atoms with Crippen LogP contribution in [0.2, 0.25) is 0 Å². The SMILES string of the molecule is C=C(C)CN(CC(=C)C)c1ccc(Cc2ccc(N(CC(=C)C)CC(=C)C)cc2)cc1. The summed E-state index contributed by atoms with van der Waals surface area (Å²) in [6.45, 7) is 27.9. The summed E-state index contributed by atoms with van der Waals surface area (Å²) in [5.74, 6) is 0. The number of nitrogens with zero attached hydrogens (tertiary/aromatic N) is 2. The van der Waals surface area contributed by atoms with Gasteiger partial charge in [0.15, 0.2) is 0 Å². The third-order valence-electron chi connectivity index (χ3n) is 4.85. The molecule has 2 rings (SSSR count). The second-order valence-corrected chi connectivity index (χ2v) is 9.05. The summed E-state index contributed by atoms with van der Waals surface area (Å²) in [5, 5.41) is 0. The fraction of sp³-hybridized carbons (Fsp3) is 0.310. The Morgan fingerprint density at radius 3 is 1.00 bits per heavy atom. The molecule has 0 aliphatic carbocycles. The van der Waals surface area contributed by atoms with Gasteiger partial charge in [0, 0.05) is 37.6 Å². The molecule has 0 amide bonds. The van der Waals surface area contributed by atoms with Crippen LogP contribution < -0.4 is 9.80 Å². The van der Waals surface area contributed by atoms with E-state index in [1.54, 1.807) is 0 Å². The summed E-state index contributed by atoms with van der Waals surface area (Å²) in [6.07, 6.45) is 0.919. The van der Waals surface area contributed by atoms with Crippen molar-refractivity contribution < 1.29 is 0 Å². The van der Waals surface area contributed by atoms with Gasteiger partial charge in [-0.3, -0.25) is 0 Å². The van der Waals surface area contributed by atoms with Gasteiger partial charge in [0.1, 0.15) is 0 Å². The predicted octanol–water partition coefficient (Wildman–Crippen LogP) is 7.19. The van der Waals surface area contributed by atoms with E-state index >= 15 is 0 Å². The standard InChI is InChI=1S/C29H38N2/c1-22(2)18-30(19-23(3)4)28-13-9-26(10-14-28)17-27-11-15-29(16-12-27)31(20-24(5)6)21-25(7)8/h9-16H,1,3,5,7,17-21H2,2,4,6,8H3. The Bertz CT molecular complexity index is 807. The second-order valence-electron chi connectivity index (χ2n) is 9.05. The maximum Gasteiger partial charge on any atom is 0.0387 e.